The molecule has 3 rings (SSSR count). The Morgan fingerprint density at radius 1 is 0.970 bits per heavy atom. The van der Waals surface area contributed by atoms with Crippen LogP contribution in [-0.2, 0) is 4.79 Å². The molecule has 0 saturated heterocycles. The second-order valence-corrected chi connectivity index (χ2v) is 6.61. The number of non-ortho nitro benzene ring substituents is 1. The maximum absolute atomic E-state index is 12.1. The van der Waals surface area contributed by atoms with Gasteiger partial charge in [0, 0.05) is 23.8 Å². The van der Waals surface area contributed by atoms with Crippen LogP contribution in [0.15, 0.2) is 84.0 Å². The van der Waals surface area contributed by atoms with E-state index in [2.05, 4.69) is 10.5 Å². The highest BCUT2D eigenvalue weighted by molar-refractivity contribution is 5.95. The topological polar surface area (TPSA) is 120 Å². The van der Waals surface area contributed by atoms with Crippen molar-refractivity contribution in [1.29, 1.82) is 0 Å². The van der Waals surface area contributed by atoms with E-state index in [1.807, 2.05) is 12.1 Å². The van der Waals surface area contributed by atoms with Gasteiger partial charge < -0.3 is 9.47 Å². The van der Waals surface area contributed by atoms with Gasteiger partial charge in [-0.3, -0.25) is 14.9 Å². The Morgan fingerprint density at radius 2 is 1.73 bits per heavy atom. The number of methoxy groups -OCH3 is 1. The van der Waals surface area contributed by atoms with E-state index in [-0.39, 0.29) is 11.3 Å². The maximum Gasteiger partial charge on any atom is 0.336 e. The van der Waals surface area contributed by atoms with Gasteiger partial charge in [-0.1, -0.05) is 30.3 Å². The Balaban J connectivity index is 1.57. The number of rotatable bonds is 8. The summed E-state index contributed by atoms with van der Waals surface area (Å²) in [6, 6.07) is 19.0. The van der Waals surface area contributed by atoms with E-state index in [0.29, 0.717) is 11.3 Å². The summed E-state index contributed by atoms with van der Waals surface area (Å²) in [6.45, 7) is 0. The van der Waals surface area contributed by atoms with Crippen LogP contribution in [0.4, 0.5) is 5.69 Å². The third-order valence-corrected chi connectivity index (χ3v) is 4.30. The molecule has 0 spiro atoms. The number of ether oxygens (including phenoxy) is 2. The highest BCUT2D eigenvalue weighted by Gasteiger charge is 2.10. The largest absolute Gasteiger partial charge is 0.497 e. The lowest BCUT2D eigenvalue weighted by atomic mass is 10.2. The average molecular weight is 445 g/mol. The van der Waals surface area contributed by atoms with Gasteiger partial charge in [-0.25, -0.2) is 10.2 Å². The number of nitro groups is 1. The fourth-order valence-corrected chi connectivity index (χ4v) is 2.68. The van der Waals surface area contributed by atoms with Crippen molar-refractivity contribution in [3.05, 3.63) is 106 Å². The number of carbonyl (C=O) groups excluding carboxylic acids is 2. The Morgan fingerprint density at radius 3 is 2.45 bits per heavy atom. The number of benzene rings is 3. The Labute approximate surface area is 189 Å². The molecule has 0 unspecified atom stereocenters. The van der Waals surface area contributed by atoms with E-state index in [4.69, 9.17) is 9.47 Å². The summed E-state index contributed by atoms with van der Waals surface area (Å²) in [5.74, 6) is -0.136. The normalized spacial score (nSPS) is 10.8. The Bertz CT molecular complexity index is 1220. The first-order chi connectivity index (χ1) is 15.9. The standard InChI is InChI=1S/C24H19N3O6/c1-32-21-11-8-17(9-12-21)10-13-23(28)33-22-7-2-4-18(14-22)16-25-26-24(29)19-5-3-6-20(15-19)27(30)31/h2-16H,1H3,(H,26,29)/b13-10+,25-16+. The number of nitrogens with zero attached hydrogens (tertiary/aromatic N) is 2. The molecule has 3 aromatic carbocycles. The van der Waals surface area contributed by atoms with Crippen molar-refractivity contribution in [2.45, 2.75) is 0 Å². The van der Waals surface area contributed by atoms with E-state index in [9.17, 15) is 19.7 Å². The molecule has 0 atom stereocenters. The van der Waals surface area contributed by atoms with Gasteiger partial charge in [0.15, 0.2) is 0 Å². The zero-order valence-corrected chi connectivity index (χ0v) is 17.5. The molecule has 0 aliphatic carbocycles. The highest BCUT2D eigenvalue weighted by Crippen LogP contribution is 2.15. The predicted octanol–water partition coefficient (Wildman–Crippen LogP) is 3.99. The SMILES string of the molecule is COc1ccc(/C=C/C(=O)Oc2cccc(/C=N/NC(=O)c3cccc([N+](=O)[O-])c3)c2)cc1. The molecular formula is C24H19N3O6. The zero-order valence-electron chi connectivity index (χ0n) is 17.5. The van der Waals surface area contributed by atoms with Crippen LogP contribution in [0.1, 0.15) is 21.5 Å². The van der Waals surface area contributed by atoms with Gasteiger partial charge in [-0.15, -0.1) is 0 Å². The van der Waals surface area contributed by atoms with E-state index in [1.165, 1.54) is 30.5 Å². The first kappa shape index (κ1) is 22.9. The zero-order chi connectivity index (χ0) is 23.6. The molecule has 0 heterocycles. The van der Waals surface area contributed by atoms with Crippen molar-refractivity contribution in [2.75, 3.05) is 7.11 Å². The minimum absolute atomic E-state index is 0.104. The molecular weight excluding hydrogens is 426 g/mol. The van der Waals surface area contributed by atoms with Crippen LogP contribution < -0.4 is 14.9 Å². The quantitative estimate of drug-likeness (QED) is 0.140. The van der Waals surface area contributed by atoms with Crippen molar-refractivity contribution in [1.82, 2.24) is 5.43 Å². The van der Waals surface area contributed by atoms with Gasteiger partial charge in [0.25, 0.3) is 11.6 Å². The molecule has 0 saturated carbocycles. The summed E-state index contributed by atoms with van der Waals surface area (Å²) in [5, 5.41) is 14.7. The Hall–Kier alpha value is -4.79. The van der Waals surface area contributed by atoms with Gasteiger partial charge in [-0.2, -0.15) is 5.10 Å². The summed E-state index contributed by atoms with van der Waals surface area (Å²) in [6.07, 6.45) is 4.29. The summed E-state index contributed by atoms with van der Waals surface area (Å²) in [5.41, 5.74) is 3.59. The number of esters is 1. The average Bonchev–Trinajstić information content (AvgIpc) is 2.83. The molecule has 0 fully saturated rings. The van der Waals surface area contributed by atoms with Crippen LogP contribution in [0.5, 0.6) is 11.5 Å². The van der Waals surface area contributed by atoms with E-state index >= 15 is 0 Å². The van der Waals surface area contributed by atoms with Gasteiger partial charge in [-0.05, 0) is 47.5 Å². The van der Waals surface area contributed by atoms with Gasteiger partial charge in [0.05, 0.1) is 18.2 Å². The van der Waals surface area contributed by atoms with Crippen LogP contribution in [0.2, 0.25) is 0 Å². The first-order valence-electron chi connectivity index (χ1n) is 9.66. The molecule has 9 heteroatoms. The van der Waals surface area contributed by atoms with E-state index in [1.54, 1.807) is 49.6 Å². The number of carbonyl (C=O) groups is 2. The molecule has 9 nitrogen and oxygen atoms in total. The lowest BCUT2D eigenvalue weighted by molar-refractivity contribution is -0.384. The minimum atomic E-state index is -0.596. The molecule has 0 aliphatic heterocycles. The summed E-state index contributed by atoms with van der Waals surface area (Å²) in [4.78, 5) is 34.4. The second-order valence-electron chi connectivity index (χ2n) is 6.61. The van der Waals surface area contributed by atoms with Gasteiger partial charge in [0.1, 0.15) is 11.5 Å². The molecule has 1 N–H and O–H groups in total. The second kappa shape index (κ2) is 11.0. The molecule has 166 valence electrons. The number of nitrogens with one attached hydrogen (secondary N) is 1. The third kappa shape index (κ3) is 6.86. The minimum Gasteiger partial charge on any atom is -0.497 e. The fourth-order valence-electron chi connectivity index (χ4n) is 2.68. The molecule has 0 bridgehead atoms. The van der Waals surface area contributed by atoms with Crippen LogP contribution in [0.3, 0.4) is 0 Å². The van der Waals surface area contributed by atoms with E-state index in [0.717, 1.165) is 17.4 Å². The monoisotopic (exact) mass is 445 g/mol. The number of hydrogen-bond acceptors (Lipinski definition) is 7. The smallest absolute Gasteiger partial charge is 0.336 e. The van der Waals surface area contributed by atoms with Gasteiger partial charge >= 0.3 is 5.97 Å². The van der Waals surface area contributed by atoms with Crippen molar-refractivity contribution < 1.29 is 24.0 Å². The van der Waals surface area contributed by atoms with Crippen molar-refractivity contribution in [2.24, 2.45) is 5.10 Å². The molecule has 1 amide bonds. The molecule has 0 radical (unpaired) electrons. The van der Waals surface area contributed by atoms with Gasteiger partial charge in [0.2, 0.25) is 0 Å². The fraction of sp³-hybridized carbons (Fsp3) is 0.0417. The van der Waals surface area contributed by atoms with Crippen LogP contribution in [0.25, 0.3) is 6.08 Å². The van der Waals surface area contributed by atoms with Crippen molar-refractivity contribution in [3.8, 4) is 11.5 Å². The molecule has 0 aliphatic rings. The summed E-state index contributed by atoms with van der Waals surface area (Å²) >= 11 is 0. The highest BCUT2D eigenvalue weighted by atomic mass is 16.6. The maximum atomic E-state index is 12.1. The van der Waals surface area contributed by atoms with Crippen molar-refractivity contribution in [3.63, 3.8) is 0 Å². The van der Waals surface area contributed by atoms with E-state index < -0.39 is 16.8 Å². The lowest BCUT2D eigenvalue weighted by Crippen LogP contribution is -2.17. The van der Waals surface area contributed by atoms with Crippen molar-refractivity contribution >= 4 is 29.9 Å². The molecule has 33 heavy (non-hydrogen) atoms. The lowest BCUT2D eigenvalue weighted by Gasteiger charge is -2.03. The van der Waals surface area contributed by atoms with Crippen LogP contribution in [-0.4, -0.2) is 30.1 Å². The summed E-state index contributed by atoms with van der Waals surface area (Å²) in [7, 11) is 1.58. The van der Waals surface area contributed by atoms with Crippen LogP contribution in [0, 0.1) is 10.1 Å². The summed E-state index contributed by atoms with van der Waals surface area (Å²) < 4.78 is 10.4. The Kier molecular flexibility index (Phi) is 7.63. The predicted molar refractivity (Wildman–Crippen MR) is 122 cm³/mol. The number of nitro benzene ring substituents is 1. The number of hydrazone groups is 1. The third-order valence-electron chi connectivity index (χ3n) is 4.30. The molecule has 0 aromatic heterocycles. The molecule has 3 aromatic rings. The first-order valence-corrected chi connectivity index (χ1v) is 9.66. The number of hydrogen-bond donors (Lipinski definition) is 1. The van der Waals surface area contributed by atoms with Crippen LogP contribution >= 0.6 is 0 Å². The number of amides is 1.